The number of carbonyl (C=O) groups is 1. The normalized spacial score (nSPS) is 15.9. The summed E-state index contributed by atoms with van der Waals surface area (Å²) in [5.41, 5.74) is 1.60. The summed E-state index contributed by atoms with van der Waals surface area (Å²) in [5, 5.41) is 8.67. The van der Waals surface area contributed by atoms with E-state index in [0.29, 0.717) is 12.1 Å². The number of carbonyl (C=O) groups excluding carboxylic acids is 1. The Morgan fingerprint density at radius 1 is 1.37 bits per heavy atom. The van der Waals surface area contributed by atoms with Gasteiger partial charge in [0, 0.05) is 31.9 Å². The van der Waals surface area contributed by atoms with Crippen LogP contribution in [0, 0.1) is 11.3 Å². The van der Waals surface area contributed by atoms with Crippen LogP contribution < -0.4 is 4.90 Å². The molecule has 1 aliphatic rings. The summed E-state index contributed by atoms with van der Waals surface area (Å²) in [6, 6.07) is 9.63. The average Bonchev–Trinajstić information content (AvgIpc) is 2.48. The first-order valence-corrected chi connectivity index (χ1v) is 6.27. The Morgan fingerprint density at radius 3 is 2.74 bits per heavy atom. The van der Waals surface area contributed by atoms with Crippen LogP contribution in [0.2, 0.25) is 0 Å². The molecule has 1 heterocycles. The second-order valence-electron chi connectivity index (χ2n) is 4.46. The van der Waals surface area contributed by atoms with Crippen LogP contribution in [0.5, 0.6) is 0 Å². The summed E-state index contributed by atoms with van der Waals surface area (Å²) >= 11 is 0. The molecule has 0 aromatic heterocycles. The van der Waals surface area contributed by atoms with Crippen molar-refractivity contribution in [3.05, 3.63) is 29.8 Å². The first-order chi connectivity index (χ1) is 9.24. The van der Waals surface area contributed by atoms with Gasteiger partial charge in [0.1, 0.15) is 0 Å². The van der Waals surface area contributed by atoms with Crippen LogP contribution in [-0.2, 0) is 4.74 Å². The molecule has 0 spiro atoms. The van der Waals surface area contributed by atoms with Crippen molar-refractivity contribution in [2.24, 2.45) is 0 Å². The van der Waals surface area contributed by atoms with Gasteiger partial charge in [-0.1, -0.05) is 6.07 Å². The first-order valence-electron chi connectivity index (χ1n) is 6.27. The van der Waals surface area contributed by atoms with E-state index in [2.05, 4.69) is 15.9 Å². The van der Waals surface area contributed by atoms with Gasteiger partial charge in [-0.3, -0.25) is 4.90 Å². The van der Waals surface area contributed by atoms with Crippen LogP contribution in [0.4, 0.5) is 5.69 Å². The van der Waals surface area contributed by atoms with Gasteiger partial charge in [-0.2, -0.15) is 5.26 Å². The highest BCUT2D eigenvalue weighted by Gasteiger charge is 2.17. The summed E-state index contributed by atoms with van der Waals surface area (Å²) < 4.78 is 4.73. The molecule has 19 heavy (non-hydrogen) atoms. The lowest BCUT2D eigenvalue weighted by Crippen LogP contribution is -2.46. The van der Waals surface area contributed by atoms with Crippen LogP contribution in [0.15, 0.2) is 24.3 Å². The summed E-state index contributed by atoms with van der Waals surface area (Å²) in [6.45, 7) is 3.96. The number of hydrogen-bond acceptors (Lipinski definition) is 5. The Balaban J connectivity index is 2.03. The van der Waals surface area contributed by atoms with Crippen molar-refractivity contribution in [1.82, 2.24) is 4.90 Å². The number of ether oxygens (including phenoxy) is 1. The number of nitriles is 1. The van der Waals surface area contributed by atoms with Gasteiger partial charge in [0.05, 0.1) is 25.3 Å². The minimum absolute atomic E-state index is 0.315. The molecule has 0 saturated carbocycles. The number of piperazine rings is 1. The molecule has 1 aromatic carbocycles. The van der Waals surface area contributed by atoms with Crippen molar-refractivity contribution in [2.45, 2.75) is 0 Å². The van der Waals surface area contributed by atoms with E-state index in [1.54, 1.807) is 6.07 Å². The van der Waals surface area contributed by atoms with Crippen LogP contribution in [0.25, 0.3) is 0 Å². The number of benzene rings is 1. The molecule has 0 bridgehead atoms. The summed E-state index contributed by atoms with van der Waals surface area (Å²) in [4.78, 5) is 15.8. The second-order valence-corrected chi connectivity index (χ2v) is 4.46. The summed E-state index contributed by atoms with van der Waals surface area (Å²) in [7, 11) is 1.38. The van der Waals surface area contributed by atoms with Gasteiger partial charge in [0.2, 0.25) is 0 Å². The molecular formula is C14H17N3O2. The van der Waals surface area contributed by atoms with Gasteiger partial charge in [-0.25, -0.2) is 4.79 Å². The van der Waals surface area contributed by atoms with Crippen LogP contribution in [0.3, 0.4) is 0 Å². The third-order valence-corrected chi connectivity index (χ3v) is 3.30. The SMILES string of the molecule is COC(=O)c1cccc(N2CCN(CC#N)CC2)c1. The monoisotopic (exact) mass is 259 g/mol. The van der Waals surface area contributed by atoms with Crippen LogP contribution >= 0.6 is 0 Å². The third-order valence-electron chi connectivity index (χ3n) is 3.30. The number of nitrogens with zero attached hydrogens (tertiary/aromatic N) is 3. The van der Waals surface area contributed by atoms with Crippen molar-refractivity contribution in [1.29, 1.82) is 5.26 Å². The minimum atomic E-state index is -0.315. The molecule has 2 rings (SSSR count). The molecule has 5 heteroatoms. The van der Waals surface area contributed by atoms with E-state index in [9.17, 15) is 4.79 Å². The molecule has 100 valence electrons. The Morgan fingerprint density at radius 2 is 2.11 bits per heavy atom. The van der Waals surface area contributed by atoms with E-state index < -0.39 is 0 Å². The molecule has 0 unspecified atom stereocenters. The molecule has 0 aliphatic carbocycles. The molecule has 0 N–H and O–H groups in total. The average molecular weight is 259 g/mol. The largest absolute Gasteiger partial charge is 0.465 e. The maximum atomic E-state index is 11.5. The van der Waals surface area contributed by atoms with E-state index in [1.165, 1.54) is 7.11 Å². The number of anilines is 1. The molecule has 5 nitrogen and oxygen atoms in total. The van der Waals surface area contributed by atoms with Gasteiger partial charge in [0.15, 0.2) is 0 Å². The van der Waals surface area contributed by atoms with Gasteiger partial charge >= 0.3 is 5.97 Å². The molecule has 1 fully saturated rings. The highest BCUT2D eigenvalue weighted by molar-refractivity contribution is 5.90. The van der Waals surface area contributed by atoms with E-state index in [-0.39, 0.29) is 5.97 Å². The van der Waals surface area contributed by atoms with E-state index in [4.69, 9.17) is 10.00 Å². The predicted octanol–water partition coefficient (Wildman–Crippen LogP) is 1.12. The predicted molar refractivity (Wildman–Crippen MR) is 72.0 cm³/mol. The van der Waals surface area contributed by atoms with Crippen molar-refractivity contribution in [3.8, 4) is 6.07 Å². The second kappa shape index (κ2) is 6.21. The molecule has 1 saturated heterocycles. The van der Waals surface area contributed by atoms with Gasteiger partial charge < -0.3 is 9.64 Å². The van der Waals surface area contributed by atoms with Crippen molar-refractivity contribution >= 4 is 11.7 Å². The highest BCUT2D eigenvalue weighted by Crippen LogP contribution is 2.18. The third kappa shape index (κ3) is 3.24. The minimum Gasteiger partial charge on any atom is -0.465 e. The Bertz CT molecular complexity index is 488. The number of esters is 1. The molecule has 1 aliphatic heterocycles. The number of hydrogen-bond donors (Lipinski definition) is 0. The molecule has 0 radical (unpaired) electrons. The van der Waals surface area contributed by atoms with Gasteiger partial charge in [0.25, 0.3) is 0 Å². The lowest BCUT2D eigenvalue weighted by molar-refractivity contribution is 0.0601. The molecule has 0 amide bonds. The maximum Gasteiger partial charge on any atom is 0.337 e. The Hall–Kier alpha value is -2.06. The first kappa shape index (κ1) is 13.4. The lowest BCUT2D eigenvalue weighted by atomic mass is 10.1. The Kier molecular flexibility index (Phi) is 4.37. The quantitative estimate of drug-likeness (QED) is 0.601. The standard InChI is InChI=1S/C14H17N3O2/c1-19-14(18)12-3-2-4-13(11-12)17-9-7-16(6-5-15)8-10-17/h2-4,11H,6-10H2,1H3. The van der Waals surface area contributed by atoms with Crippen molar-refractivity contribution in [2.75, 3.05) is 44.7 Å². The zero-order valence-electron chi connectivity index (χ0n) is 11.0. The van der Waals surface area contributed by atoms with E-state index in [0.717, 1.165) is 31.9 Å². The fourth-order valence-corrected chi connectivity index (χ4v) is 2.21. The molecule has 0 atom stereocenters. The van der Waals surface area contributed by atoms with Gasteiger partial charge in [-0.05, 0) is 18.2 Å². The fourth-order valence-electron chi connectivity index (χ4n) is 2.21. The van der Waals surface area contributed by atoms with Crippen molar-refractivity contribution < 1.29 is 9.53 Å². The molecule has 1 aromatic rings. The maximum absolute atomic E-state index is 11.5. The van der Waals surface area contributed by atoms with Crippen LogP contribution in [-0.4, -0.2) is 50.7 Å². The topological polar surface area (TPSA) is 56.6 Å². The Labute approximate surface area is 113 Å². The number of rotatable bonds is 3. The number of methoxy groups -OCH3 is 1. The highest BCUT2D eigenvalue weighted by atomic mass is 16.5. The van der Waals surface area contributed by atoms with Crippen molar-refractivity contribution in [3.63, 3.8) is 0 Å². The summed E-state index contributed by atoms with van der Waals surface area (Å²) in [6.07, 6.45) is 0. The van der Waals surface area contributed by atoms with E-state index in [1.807, 2.05) is 18.2 Å². The van der Waals surface area contributed by atoms with Crippen LogP contribution in [0.1, 0.15) is 10.4 Å². The van der Waals surface area contributed by atoms with E-state index >= 15 is 0 Å². The zero-order valence-corrected chi connectivity index (χ0v) is 11.0. The summed E-state index contributed by atoms with van der Waals surface area (Å²) in [5.74, 6) is -0.315. The zero-order chi connectivity index (χ0) is 13.7. The molecular weight excluding hydrogens is 242 g/mol. The lowest BCUT2D eigenvalue weighted by Gasteiger charge is -2.35. The smallest absolute Gasteiger partial charge is 0.337 e. The van der Waals surface area contributed by atoms with Gasteiger partial charge in [-0.15, -0.1) is 0 Å². The fraction of sp³-hybridized carbons (Fsp3) is 0.429.